The Morgan fingerprint density at radius 2 is 1.86 bits per heavy atom. The molecule has 0 aromatic rings. The van der Waals surface area contributed by atoms with Crippen LogP contribution in [0.1, 0.15) is 40.5 Å². The lowest BCUT2D eigenvalue weighted by Crippen LogP contribution is -2.50. The van der Waals surface area contributed by atoms with Crippen LogP contribution < -0.4 is 0 Å². The summed E-state index contributed by atoms with van der Waals surface area (Å²) in [5.41, 5.74) is 0. The van der Waals surface area contributed by atoms with Crippen molar-refractivity contribution in [3.05, 3.63) is 0 Å². The maximum atomic E-state index is 12.7. The zero-order chi connectivity index (χ0) is 16.7. The number of rotatable bonds is 8. The minimum Gasteiger partial charge on any atom is -0.480 e. The molecule has 0 radical (unpaired) electrons. The number of aliphatic carboxylic acids is 1. The van der Waals surface area contributed by atoms with Crippen molar-refractivity contribution in [3.8, 4) is 0 Å². The minimum absolute atomic E-state index is 0.0443. The van der Waals surface area contributed by atoms with Crippen molar-refractivity contribution in [2.75, 3.05) is 31.9 Å². The standard InChI is InChI=1S/C16H30N2O3S/c1-5-17(11-14(19)20)13-7-9-18(10-8-13)16(21)15(12(3)4)22-6-2/h12-13,15H,5-11H2,1-4H3,(H,19,20). The van der Waals surface area contributed by atoms with Crippen molar-refractivity contribution in [2.24, 2.45) is 5.92 Å². The van der Waals surface area contributed by atoms with E-state index in [1.54, 1.807) is 11.8 Å². The van der Waals surface area contributed by atoms with E-state index in [4.69, 9.17) is 5.11 Å². The van der Waals surface area contributed by atoms with Crippen LogP contribution in [0.2, 0.25) is 0 Å². The van der Waals surface area contributed by atoms with Gasteiger partial charge in [0.25, 0.3) is 0 Å². The molecular weight excluding hydrogens is 300 g/mol. The maximum absolute atomic E-state index is 12.7. The number of hydrogen-bond donors (Lipinski definition) is 1. The van der Waals surface area contributed by atoms with E-state index < -0.39 is 5.97 Å². The highest BCUT2D eigenvalue weighted by Gasteiger charge is 2.31. The van der Waals surface area contributed by atoms with Crippen LogP contribution in [0.3, 0.4) is 0 Å². The number of amides is 1. The zero-order valence-corrected chi connectivity index (χ0v) is 15.1. The number of likely N-dealkylation sites (N-methyl/N-ethyl adjacent to an activating group) is 1. The predicted octanol–water partition coefficient (Wildman–Crippen LogP) is 2.16. The molecule has 1 N–H and O–H groups in total. The van der Waals surface area contributed by atoms with Gasteiger partial charge in [-0.2, -0.15) is 0 Å². The van der Waals surface area contributed by atoms with E-state index >= 15 is 0 Å². The summed E-state index contributed by atoms with van der Waals surface area (Å²) in [6, 6.07) is 0.279. The second-order valence-corrected chi connectivity index (χ2v) is 7.55. The highest BCUT2D eigenvalue weighted by atomic mass is 32.2. The average molecular weight is 330 g/mol. The first kappa shape index (κ1) is 19.3. The fraction of sp³-hybridized carbons (Fsp3) is 0.875. The molecule has 1 atom stereocenters. The van der Waals surface area contributed by atoms with Crippen molar-refractivity contribution in [3.63, 3.8) is 0 Å². The van der Waals surface area contributed by atoms with E-state index in [1.165, 1.54) is 0 Å². The van der Waals surface area contributed by atoms with E-state index in [0.29, 0.717) is 5.92 Å². The van der Waals surface area contributed by atoms with Gasteiger partial charge in [0, 0.05) is 19.1 Å². The van der Waals surface area contributed by atoms with Crippen LogP contribution in [0.5, 0.6) is 0 Å². The summed E-state index contributed by atoms with van der Waals surface area (Å²) in [5.74, 6) is 0.767. The number of carboxylic acids is 1. The summed E-state index contributed by atoms with van der Waals surface area (Å²) < 4.78 is 0. The van der Waals surface area contributed by atoms with Crippen LogP contribution in [0, 0.1) is 5.92 Å². The molecule has 1 aliphatic heterocycles. The summed E-state index contributed by atoms with van der Waals surface area (Å²) in [6.45, 7) is 10.6. The number of carbonyl (C=O) groups excluding carboxylic acids is 1. The number of likely N-dealkylation sites (tertiary alicyclic amines) is 1. The van der Waals surface area contributed by atoms with Crippen molar-refractivity contribution >= 4 is 23.6 Å². The average Bonchev–Trinajstić information content (AvgIpc) is 2.49. The molecule has 1 heterocycles. The summed E-state index contributed by atoms with van der Waals surface area (Å²) in [6.07, 6.45) is 1.74. The summed E-state index contributed by atoms with van der Waals surface area (Å²) in [4.78, 5) is 27.5. The van der Waals surface area contributed by atoms with Crippen LogP contribution in [0.25, 0.3) is 0 Å². The Morgan fingerprint density at radius 1 is 1.27 bits per heavy atom. The summed E-state index contributed by atoms with van der Waals surface area (Å²) >= 11 is 1.73. The maximum Gasteiger partial charge on any atom is 0.317 e. The van der Waals surface area contributed by atoms with Gasteiger partial charge in [0.05, 0.1) is 11.8 Å². The lowest BCUT2D eigenvalue weighted by Gasteiger charge is -2.39. The first-order chi connectivity index (χ1) is 10.4. The molecule has 0 bridgehead atoms. The zero-order valence-electron chi connectivity index (χ0n) is 14.2. The molecule has 0 aromatic heterocycles. The van der Waals surface area contributed by atoms with Crippen LogP contribution >= 0.6 is 11.8 Å². The molecule has 0 saturated carbocycles. The molecule has 0 aliphatic carbocycles. The van der Waals surface area contributed by atoms with Gasteiger partial charge < -0.3 is 10.0 Å². The second kappa shape index (κ2) is 9.40. The molecule has 1 saturated heterocycles. The molecule has 6 heteroatoms. The Balaban J connectivity index is 2.56. The highest BCUT2D eigenvalue weighted by molar-refractivity contribution is 8.00. The third-order valence-corrected chi connectivity index (χ3v) is 5.67. The lowest BCUT2D eigenvalue weighted by atomic mass is 10.0. The largest absolute Gasteiger partial charge is 0.480 e. The van der Waals surface area contributed by atoms with Gasteiger partial charge in [-0.25, -0.2) is 0 Å². The molecule has 1 amide bonds. The summed E-state index contributed by atoms with van der Waals surface area (Å²) in [5, 5.41) is 9.01. The first-order valence-electron chi connectivity index (χ1n) is 8.26. The van der Waals surface area contributed by atoms with E-state index in [9.17, 15) is 9.59 Å². The van der Waals surface area contributed by atoms with Crippen molar-refractivity contribution < 1.29 is 14.7 Å². The summed E-state index contributed by atoms with van der Waals surface area (Å²) in [7, 11) is 0. The molecule has 128 valence electrons. The molecule has 5 nitrogen and oxygen atoms in total. The molecule has 0 aromatic carbocycles. The first-order valence-corrected chi connectivity index (χ1v) is 9.31. The van der Waals surface area contributed by atoms with E-state index in [0.717, 1.165) is 38.2 Å². The monoisotopic (exact) mass is 330 g/mol. The smallest absolute Gasteiger partial charge is 0.317 e. The number of thioether (sulfide) groups is 1. The molecule has 1 aliphatic rings. The van der Waals surface area contributed by atoms with Gasteiger partial charge in [0.1, 0.15) is 0 Å². The Bertz CT molecular complexity index is 368. The number of nitrogens with zero attached hydrogens (tertiary/aromatic N) is 2. The second-order valence-electron chi connectivity index (χ2n) is 6.13. The quantitative estimate of drug-likeness (QED) is 0.739. The third kappa shape index (κ3) is 5.47. The highest BCUT2D eigenvalue weighted by Crippen LogP contribution is 2.24. The number of hydrogen-bond acceptors (Lipinski definition) is 4. The SMILES string of the molecule is CCSC(C(=O)N1CCC(N(CC)CC(=O)O)CC1)C(C)C. The number of piperidine rings is 1. The molecular formula is C16H30N2O3S. The lowest BCUT2D eigenvalue weighted by molar-refractivity contribution is -0.140. The fourth-order valence-corrected chi connectivity index (χ4v) is 4.07. The van der Waals surface area contributed by atoms with Gasteiger partial charge in [-0.3, -0.25) is 14.5 Å². The number of carbonyl (C=O) groups is 2. The van der Waals surface area contributed by atoms with Gasteiger partial charge >= 0.3 is 5.97 Å². The van der Waals surface area contributed by atoms with Gasteiger partial charge in [-0.15, -0.1) is 11.8 Å². The number of carboxylic acid groups (broad SMARTS) is 1. The Labute approximate surface area is 138 Å². The van der Waals surface area contributed by atoms with Crippen molar-refractivity contribution in [1.82, 2.24) is 9.80 Å². The van der Waals surface area contributed by atoms with Gasteiger partial charge in [-0.1, -0.05) is 27.7 Å². The Kier molecular flexibility index (Phi) is 8.25. The normalized spacial score (nSPS) is 18.0. The van der Waals surface area contributed by atoms with E-state index in [1.807, 2.05) is 16.7 Å². The van der Waals surface area contributed by atoms with Crippen LogP contribution in [-0.4, -0.2) is 70.0 Å². The predicted molar refractivity (Wildman–Crippen MR) is 91.2 cm³/mol. The van der Waals surface area contributed by atoms with Crippen LogP contribution in [-0.2, 0) is 9.59 Å². The third-order valence-electron chi connectivity index (χ3n) is 4.23. The van der Waals surface area contributed by atoms with Gasteiger partial charge in [-0.05, 0) is 31.1 Å². The Morgan fingerprint density at radius 3 is 2.27 bits per heavy atom. The Hall–Kier alpha value is -0.750. The van der Waals surface area contributed by atoms with Gasteiger partial charge in [0.2, 0.25) is 5.91 Å². The van der Waals surface area contributed by atoms with E-state index in [2.05, 4.69) is 20.8 Å². The van der Waals surface area contributed by atoms with Gasteiger partial charge in [0.15, 0.2) is 0 Å². The van der Waals surface area contributed by atoms with Crippen molar-refractivity contribution in [2.45, 2.75) is 51.8 Å². The molecule has 1 rings (SSSR count). The van der Waals surface area contributed by atoms with Crippen LogP contribution in [0.15, 0.2) is 0 Å². The minimum atomic E-state index is -0.778. The van der Waals surface area contributed by atoms with Crippen molar-refractivity contribution in [1.29, 1.82) is 0 Å². The fourth-order valence-electron chi connectivity index (χ4n) is 3.03. The molecule has 1 unspecified atom stereocenters. The van der Waals surface area contributed by atoms with Crippen LogP contribution in [0.4, 0.5) is 0 Å². The topological polar surface area (TPSA) is 60.9 Å². The molecule has 0 spiro atoms. The molecule has 22 heavy (non-hydrogen) atoms. The van der Waals surface area contributed by atoms with E-state index in [-0.39, 0.29) is 23.7 Å². The molecule has 1 fully saturated rings.